The van der Waals surface area contributed by atoms with Crippen molar-refractivity contribution >= 4 is 116 Å². The molecule has 6 nitrogen and oxygen atoms in total. The van der Waals surface area contributed by atoms with E-state index in [1.807, 2.05) is 18.2 Å². The van der Waals surface area contributed by atoms with E-state index in [-0.39, 0.29) is 5.92 Å². The molecule has 0 bridgehead atoms. The number of benzene rings is 9. The van der Waals surface area contributed by atoms with Crippen molar-refractivity contribution in [1.29, 1.82) is 0 Å². The van der Waals surface area contributed by atoms with Crippen molar-refractivity contribution in [2.45, 2.75) is 13.3 Å². The summed E-state index contributed by atoms with van der Waals surface area (Å²) in [7, 11) is 0. The van der Waals surface area contributed by atoms with Crippen molar-refractivity contribution < 1.29 is 8.83 Å². The standard InChI is InChI=1S/C59H38N4O2/c1-35-29-30-46(56-50(31-32-54-55(56)43-21-8-13-28-53(43)64-54)62-47-24-9-6-19-40(47)45-33-36-15-2-3-16-37(36)34-51(45)62)60-58(44-23-14-22-42-41-20-7-12-27-52(41)65-57(42)44)61-59(35)63-48-25-10-4-17-38(48)39-18-5-11-26-49(39)63/h2-28,30-35H,29H2,1H3. The monoisotopic (exact) mass is 834 g/mol. The Hall–Kier alpha value is -8.48. The second kappa shape index (κ2) is 13.8. The molecule has 1 unspecified atom stereocenters. The van der Waals surface area contributed by atoms with Crippen LogP contribution in [-0.4, -0.2) is 20.8 Å². The molecular formula is C59H38N4O2. The maximum atomic E-state index is 6.78. The molecule has 0 aliphatic carbocycles. The van der Waals surface area contributed by atoms with E-state index in [1.165, 1.54) is 32.3 Å². The smallest absolute Gasteiger partial charge is 0.165 e. The molecule has 14 rings (SSSR count). The van der Waals surface area contributed by atoms with Crippen molar-refractivity contribution in [1.82, 2.24) is 9.13 Å². The molecule has 0 saturated heterocycles. The van der Waals surface area contributed by atoms with Crippen molar-refractivity contribution in [2.75, 3.05) is 0 Å². The topological polar surface area (TPSA) is 60.9 Å². The van der Waals surface area contributed by atoms with E-state index in [2.05, 4.69) is 192 Å². The summed E-state index contributed by atoms with van der Waals surface area (Å²) in [4.78, 5) is 11.6. The summed E-state index contributed by atoms with van der Waals surface area (Å²) in [6.07, 6.45) is 3.01. The second-order valence-electron chi connectivity index (χ2n) is 17.3. The van der Waals surface area contributed by atoms with Gasteiger partial charge in [-0.15, -0.1) is 0 Å². The Morgan fingerprint density at radius 3 is 1.78 bits per heavy atom. The predicted molar refractivity (Wildman–Crippen MR) is 270 cm³/mol. The summed E-state index contributed by atoms with van der Waals surface area (Å²) in [6.45, 7) is 2.29. The van der Waals surface area contributed by atoms with Crippen LogP contribution in [-0.2, 0) is 0 Å². The summed E-state index contributed by atoms with van der Waals surface area (Å²) < 4.78 is 18.2. The lowest BCUT2D eigenvalue weighted by atomic mass is 9.97. The fourth-order valence-corrected chi connectivity index (χ4v) is 10.6. The molecule has 1 aliphatic rings. The number of amidine groups is 1. The third-order valence-corrected chi connectivity index (χ3v) is 13.6. The van der Waals surface area contributed by atoms with E-state index < -0.39 is 0 Å². The average molecular weight is 835 g/mol. The molecule has 13 aromatic rings. The fourth-order valence-electron chi connectivity index (χ4n) is 10.6. The van der Waals surface area contributed by atoms with Gasteiger partial charge in [-0.25, -0.2) is 9.98 Å². The van der Waals surface area contributed by atoms with Crippen LogP contribution in [0.4, 0.5) is 0 Å². The molecule has 9 aromatic carbocycles. The van der Waals surface area contributed by atoms with E-state index in [1.54, 1.807) is 0 Å². The average Bonchev–Trinajstić information content (AvgIpc) is 4.10. The highest BCUT2D eigenvalue weighted by Crippen LogP contribution is 2.44. The van der Waals surface area contributed by atoms with Gasteiger partial charge in [0.1, 0.15) is 28.2 Å². The normalized spacial score (nSPS) is 14.9. The lowest BCUT2D eigenvalue weighted by Crippen LogP contribution is -2.23. The Kier molecular flexibility index (Phi) is 7.63. The minimum absolute atomic E-state index is 0.0204. The number of fused-ring (bicyclic) bond motifs is 13. The van der Waals surface area contributed by atoms with Gasteiger partial charge in [-0.3, -0.25) is 4.57 Å². The van der Waals surface area contributed by atoms with Crippen LogP contribution in [0, 0.1) is 5.92 Å². The highest BCUT2D eigenvalue weighted by molar-refractivity contribution is 6.23. The number of hydrogen-bond acceptors (Lipinski definition) is 4. The van der Waals surface area contributed by atoms with Gasteiger partial charge in [0.15, 0.2) is 5.84 Å². The van der Waals surface area contributed by atoms with Gasteiger partial charge in [0.25, 0.3) is 0 Å². The Labute approximate surface area is 372 Å². The lowest BCUT2D eigenvalue weighted by molar-refractivity contribution is 0.667. The zero-order valence-corrected chi connectivity index (χ0v) is 35.4. The molecule has 0 radical (unpaired) electrons. The predicted octanol–water partition coefficient (Wildman–Crippen LogP) is 15.6. The summed E-state index contributed by atoms with van der Waals surface area (Å²) in [6, 6.07) is 66.6. The SMILES string of the molecule is CC1CC=C(c2c(-n3c4ccccc4c4cc5ccccc5cc43)ccc3oc4ccccc4c23)N=C(c2cccc3c2oc2ccccc23)N=C1n1c2ccccc2c2ccccc21. The van der Waals surface area contributed by atoms with Gasteiger partial charge >= 0.3 is 0 Å². The largest absolute Gasteiger partial charge is 0.456 e. The number of rotatable bonds is 3. The number of aromatic nitrogens is 2. The molecule has 0 N–H and O–H groups in total. The third kappa shape index (κ3) is 5.28. The minimum Gasteiger partial charge on any atom is -0.456 e. The number of allylic oxidation sites excluding steroid dienone is 1. The summed E-state index contributed by atoms with van der Waals surface area (Å²) in [5, 5.41) is 11.3. The van der Waals surface area contributed by atoms with Crippen molar-refractivity contribution in [3.05, 3.63) is 205 Å². The van der Waals surface area contributed by atoms with Crippen LogP contribution in [0.5, 0.6) is 0 Å². The van der Waals surface area contributed by atoms with Crippen LogP contribution in [0.25, 0.3) is 110 Å². The van der Waals surface area contributed by atoms with Crippen LogP contribution in [0.1, 0.15) is 24.5 Å². The molecular weight excluding hydrogens is 797 g/mol. The Morgan fingerprint density at radius 1 is 0.462 bits per heavy atom. The van der Waals surface area contributed by atoms with Gasteiger partial charge in [-0.05, 0) is 77.9 Å². The molecule has 6 heteroatoms. The number of nitrogens with zero attached hydrogens (tertiary/aromatic N) is 4. The Bertz CT molecular complexity index is 4190. The van der Waals surface area contributed by atoms with E-state index in [4.69, 9.17) is 18.8 Å². The minimum atomic E-state index is -0.0204. The number of hydrogen-bond donors (Lipinski definition) is 0. The van der Waals surface area contributed by atoms with Gasteiger partial charge in [0.2, 0.25) is 0 Å². The van der Waals surface area contributed by atoms with Gasteiger partial charge in [0, 0.05) is 54.6 Å². The lowest BCUT2D eigenvalue weighted by Gasteiger charge is -2.22. The Morgan fingerprint density at radius 2 is 1.05 bits per heavy atom. The highest BCUT2D eigenvalue weighted by atomic mass is 16.3. The molecule has 0 spiro atoms. The molecule has 1 atom stereocenters. The fraction of sp³-hybridized carbons (Fsp3) is 0.0508. The quantitative estimate of drug-likeness (QED) is 0.178. The first-order valence-corrected chi connectivity index (χ1v) is 22.3. The van der Waals surface area contributed by atoms with E-state index in [9.17, 15) is 0 Å². The molecule has 306 valence electrons. The molecule has 0 saturated carbocycles. The highest BCUT2D eigenvalue weighted by Gasteiger charge is 2.27. The molecule has 4 aromatic heterocycles. The first-order chi connectivity index (χ1) is 32.2. The van der Waals surface area contributed by atoms with Crippen LogP contribution in [0.15, 0.2) is 213 Å². The summed E-state index contributed by atoms with van der Waals surface area (Å²) >= 11 is 0. The van der Waals surface area contributed by atoms with Crippen LogP contribution in [0.2, 0.25) is 0 Å². The van der Waals surface area contributed by atoms with Crippen molar-refractivity contribution in [3.8, 4) is 5.69 Å². The number of furan rings is 2. The molecule has 0 fully saturated rings. The molecule has 0 amide bonds. The van der Waals surface area contributed by atoms with Crippen LogP contribution in [0.3, 0.4) is 0 Å². The van der Waals surface area contributed by atoms with Gasteiger partial charge in [-0.1, -0.05) is 140 Å². The van der Waals surface area contributed by atoms with Gasteiger partial charge in [-0.2, -0.15) is 0 Å². The first-order valence-electron chi connectivity index (χ1n) is 22.3. The maximum absolute atomic E-state index is 6.78. The summed E-state index contributed by atoms with van der Waals surface area (Å²) in [5.74, 6) is 1.48. The maximum Gasteiger partial charge on any atom is 0.165 e. The second-order valence-corrected chi connectivity index (χ2v) is 17.3. The Balaban J connectivity index is 1.11. The number of para-hydroxylation sites is 6. The van der Waals surface area contributed by atoms with Gasteiger partial charge in [0.05, 0.1) is 39.0 Å². The van der Waals surface area contributed by atoms with Crippen molar-refractivity contribution in [3.63, 3.8) is 0 Å². The zero-order valence-electron chi connectivity index (χ0n) is 35.4. The van der Waals surface area contributed by atoms with Crippen LogP contribution < -0.4 is 0 Å². The van der Waals surface area contributed by atoms with E-state index in [0.717, 1.165) is 94.3 Å². The number of aliphatic imine (C=N–C) groups is 2. The molecule has 65 heavy (non-hydrogen) atoms. The molecule has 1 aliphatic heterocycles. The van der Waals surface area contributed by atoms with E-state index in [0.29, 0.717) is 12.3 Å². The zero-order chi connectivity index (χ0) is 42.8. The molecule has 5 heterocycles. The van der Waals surface area contributed by atoms with Gasteiger partial charge < -0.3 is 13.4 Å². The van der Waals surface area contributed by atoms with E-state index >= 15 is 0 Å². The third-order valence-electron chi connectivity index (χ3n) is 13.6. The van der Waals surface area contributed by atoms with Crippen molar-refractivity contribution in [2.24, 2.45) is 15.9 Å². The van der Waals surface area contributed by atoms with Crippen LogP contribution >= 0.6 is 0 Å². The first kappa shape index (κ1) is 36.0. The summed E-state index contributed by atoms with van der Waals surface area (Å²) in [5.41, 5.74) is 11.3.